The fourth-order valence-electron chi connectivity index (χ4n) is 6.48. The standard InChI is InChI=1S/C19H28OS/c1-18-9-7-13(21)11-12(18)3-4-14-15-5-6-17(20)19(15,2)10-8-16(14)18/h11,13-16,21H,3-10H2,1-2H3/t13?,14-,15-,16+,18-,19-/m0/s1. The van der Waals surface area contributed by atoms with Gasteiger partial charge in [0.2, 0.25) is 0 Å². The molecule has 0 radical (unpaired) electrons. The third-order valence-electron chi connectivity index (χ3n) is 7.80. The summed E-state index contributed by atoms with van der Waals surface area (Å²) in [6.07, 6.45) is 12.0. The van der Waals surface area contributed by atoms with Crippen molar-refractivity contribution in [3.05, 3.63) is 11.6 Å². The molecular formula is C19H28OS. The van der Waals surface area contributed by atoms with Crippen LogP contribution in [0, 0.1) is 28.6 Å². The quantitative estimate of drug-likeness (QED) is 0.502. The number of fused-ring (bicyclic) bond motifs is 5. The van der Waals surface area contributed by atoms with E-state index in [9.17, 15) is 4.79 Å². The predicted octanol–water partition coefficient (Wildman–Crippen LogP) is 4.82. The van der Waals surface area contributed by atoms with Gasteiger partial charge < -0.3 is 0 Å². The molecule has 0 aromatic rings. The lowest BCUT2D eigenvalue weighted by atomic mass is 9.47. The summed E-state index contributed by atoms with van der Waals surface area (Å²) in [5.74, 6) is 2.86. The average Bonchev–Trinajstić information content (AvgIpc) is 2.76. The van der Waals surface area contributed by atoms with Crippen molar-refractivity contribution >= 4 is 18.4 Å². The molecule has 0 amide bonds. The van der Waals surface area contributed by atoms with Crippen molar-refractivity contribution in [2.24, 2.45) is 28.6 Å². The van der Waals surface area contributed by atoms with E-state index in [1.54, 1.807) is 5.57 Å². The minimum atomic E-state index is 0.0273. The highest BCUT2D eigenvalue weighted by molar-refractivity contribution is 7.81. The third-order valence-corrected chi connectivity index (χ3v) is 8.21. The summed E-state index contributed by atoms with van der Waals surface area (Å²) in [4.78, 5) is 12.4. The maximum atomic E-state index is 12.4. The molecule has 0 aromatic heterocycles. The molecule has 21 heavy (non-hydrogen) atoms. The van der Waals surface area contributed by atoms with Crippen LogP contribution in [0.5, 0.6) is 0 Å². The van der Waals surface area contributed by atoms with Gasteiger partial charge in [-0.15, -0.1) is 0 Å². The van der Waals surface area contributed by atoms with Crippen LogP contribution in [0.3, 0.4) is 0 Å². The largest absolute Gasteiger partial charge is 0.299 e. The number of hydrogen-bond acceptors (Lipinski definition) is 2. The van der Waals surface area contributed by atoms with E-state index in [1.807, 2.05) is 0 Å². The molecule has 2 heteroatoms. The highest BCUT2D eigenvalue weighted by Gasteiger charge is 2.58. The Kier molecular flexibility index (Phi) is 3.17. The second kappa shape index (κ2) is 4.63. The van der Waals surface area contributed by atoms with Crippen LogP contribution in [-0.4, -0.2) is 11.0 Å². The number of allylic oxidation sites excluding steroid dienone is 1. The number of hydrogen-bond donors (Lipinski definition) is 1. The molecule has 4 rings (SSSR count). The average molecular weight is 304 g/mol. The molecular weight excluding hydrogens is 276 g/mol. The van der Waals surface area contributed by atoms with Gasteiger partial charge in [-0.05, 0) is 68.1 Å². The summed E-state index contributed by atoms with van der Waals surface area (Å²) in [5.41, 5.74) is 2.14. The van der Waals surface area contributed by atoms with Crippen molar-refractivity contribution in [1.82, 2.24) is 0 Å². The van der Waals surface area contributed by atoms with Gasteiger partial charge in [0.15, 0.2) is 0 Å². The first-order valence-corrected chi connectivity index (χ1v) is 9.39. The van der Waals surface area contributed by atoms with Crippen LogP contribution in [0.2, 0.25) is 0 Å². The lowest BCUT2D eigenvalue weighted by Crippen LogP contribution is -2.50. The van der Waals surface area contributed by atoms with Crippen LogP contribution in [0.15, 0.2) is 11.6 Å². The monoisotopic (exact) mass is 304 g/mol. The van der Waals surface area contributed by atoms with Crippen molar-refractivity contribution in [1.29, 1.82) is 0 Å². The molecule has 1 nitrogen and oxygen atoms in total. The summed E-state index contributed by atoms with van der Waals surface area (Å²) in [6, 6.07) is 0. The molecule has 4 aliphatic carbocycles. The van der Waals surface area contributed by atoms with Gasteiger partial charge in [0.1, 0.15) is 5.78 Å². The Hall–Kier alpha value is -0.240. The molecule has 3 saturated carbocycles. The van der Waals surface area contributed by atoms with Gasteiger partial charge in [-0.2, -0.15) is 12.6 Å². The first-order chi connectivity index (χ1) is 9.95. The van der Waals surface area contributed by atoms with E-state index < -0.39 is 0 Å². The van der Waals surface area contributed by atoms with E-state index in [2.05, 4.69) is 19.9 Å². The van der Waals surface area contributed by atoms with Crippen LogP contribution in [0.1, 0.15) is 65.2 Å². The van der Waals surface area contributed by atoms with E-state index in [-0.39, 0.29) is 5.41 Å². The Morgan fingerprint density at radius 1 is 1.00 bits per heavy atom. The van der Waals surface area contributed by atoms with Gasteiger partial charge in [-0.25, -0.2) is 0 Å². The van der Waals surface area contributed by atoms with E-state index in [1.165, 1.54) is 38.5 Å². The van der Waals surface area contributed by atoms with Crippen molar-refractivity contribution < 1.29 is 4.79 Å². The van der Waals surface area contributed by atoms with Gasteiger partial charge in [-0.1, -0.05) is 25.5 Å². The van der Waals surface area contributed by atoms with E-state index in [0.29, 0.717) is 22.4 Å². The van der Waals surface area contributed by atoms with Crippen LogP contribution >= 0.6 is 12.6 Å². The van der Waals surface area contributed by atoms with Crippen LogP contribution < -0.4 is 0 Å². The number of carbonyl (C=O) groups excluding carboxylic acids is 1. The first kappa shape index (κ1) is 14.4. The number of carbonyl (C=O) groups is 1. The van der Waals surface area contributed by atoms with Crippen LogP contribution in [0.4, 0.5) is 0 Å². The van der Waals surface area contributed by atoms with Crippen molar-refractivity contribution in [2.45, 2.75) is 70.5 Å². The Morgan fingerprint density at radius 3 is 2.52 bits per heavy atom. The molecule has 3 fully saturated rings. The molecule has 0 saturated heterocycles. The lowest BCUT2D eigenvalue weighted by molar-refractivity contribution is -0.132. The van der Waals surface area contributed by atoms with Gasteiger partial charge in [0.25, 0.3) is 0 Å². The molecule has 0 bridgehead atoms. The lowest BCUT2D eigenvalue weighted by Gasteiger charge is -2.57. The van der Waals surface area contributed by atoms with Gasteiger partial charge in [-0.3, -0.25) is 4.79 Å². The third kappa shape index (κ3) is 1.87. The Labute approximate surface area is 134 Å². The number of Topliss-reactive ketones (excluding diaryl/α,β-unsaturated/α-hetero) is 1. The SMILES string of the molecule is C[C@]12CCC(S)C=C1CC[C@@H]1[C@H]2CC[C@]2(C)C(=O)CC[C@@H]12. The topological polar surface area (TPSA) is 17.1 Å². The smallest absolute Gasteiger partial charge is 0.139 e. The van der Waals surface area contributed by atoms with Gasteiger partial charge in [0.05, 0.1) is 0 Å². The maximum Gasteiger partial charge on any atom is 0.139 e. The molecule has 0 aromatic carbocycles. The molecule has 0 N–H and O–H groups in total. The second-order valence-electron chi connectivity index (χ2n) is 8.55. The normalized spacial score (nSPS) is 52.7. The summed E-state index contributed by atoms with van der Waals surface area (Å²) < 4.78 is 0. The number of rotatable bonds is 0. The Balaban J connectivity index is 1.69. The van der Waals surface area contributed by atoms with E-state index in [4.69, 9.17) is 12.6 Å². The number of thiol groups is 1. The summed E-state index contributed by atoms with van der Waals surface area (Å²) >= 11 is 4.70. The van der Waals surface area contributed by atoms with Crippen molar-refractivity contribution in [3.8, 4) is 0 Å². The fraction of sp³-hybridized carbons (Fsp3) is 0.842. The molecule has 4 aliphatic rings. The van der Waals surface area contributed by atoms with Crippen molar-refractivity contribution in [3.63, 3.8) is 0 Å². The Bertz CT molecular complexity index is 510. The minimum Gasteiger partial charge on any atom is -0.299 e. The molecule has 0 spiro atoms. The summed E-state index contributed by atoms with van der Waals surface area (Å²) in [5, 5.41) is 0.478. The zero-order valence-corrected chi connectivity index (χ0v) is 14.3. The van der Waals surface area contributed by atoms with Crippen LogP contribution in [0.25, 0.3) is 0 Å². The Morgan fingerprint density at radius 2 is 1.71 bits per heavy atom. The number of ketones is 1. The molecule has 6 atom stereocenters. The summed E-state index contributed by atoms with van der Waals surface area (Å²) in [7, 11) is 0. The predicted molar refractivity (Wildman–Crippen MR) is 89.5 cm³/mol. The minimum absolute atomic E-state index is 0.0273. The molecule has 1 unspecified atom stereocenters. The van der Waals surface area contributed by atoms with Crippen LogP contribution in [-0.2, 0) is 4.79 Å². The highest BCUT2D eigenvalue weighted by atomic mass is 32.1. The van der Waals surface area contributed by atoms with Gasteiger partial charge >= 0.3 is 0 Å². The zero-order valence-electron chi connectivity index (χ0n) is 13.4. The highest BCUT2D eigenvalue weighted by Crippen LogP contribution is 2.64. The maximum absolute atomic E-state index is 12.4. The summed E-state index contributed by atoms with van der Waals surface area (Å²) in [6.45, 7) is 4.80. The van der Waals surface area contributed by atoms with Crippen molar-refractivity contribution in [2.75, 3.05) is 0 Å². The molecule has 0 heterocycles. The van der Waals surface area contributed by atoms with Gasteiger partial charge in [0, 0.05) is 17.1 Å². The fourth-order valence-corrected chi connectivity index (χ4v) is 6.79. The molecule has 0 aliphatic heterocycles. The van der Waals surface area contributed by atoms with E-state index in [0.717, 1.165) is 24.7 Å². The zero-order chi connectivity index (χ0) is 14.8. The van der Waals surface area contributed by atoms with E-state index >= 15 is 0 Å². The second-order valence-corrected chi connectivity index (χ2v) is 9.21. The molecule has 116 valence electrons. The first-order valence-electron chi connectivity index (χ1n) is 8.88.